The Labute approximate surface area is 237 Å². The molecule has 0 amide bonds. The molecule has 1 rings (SSSR count). The molecule has 0 aromatic carbocycles. The summed E-state index contributed by atoms with van der Waals surface area (Å²) in [7, 11) is -3.52. The maximum absolute atomic E-state index is 10.8. The summed E-state index contributed by atoms with van der Waals surface area (Å²) in [4.78, 5) is 10.8. The Kier molecular flexibility index (Phi) is 15.7. The van der Waals surface area contributed by atoms with Gasteiger partial charge in [-0.15, -0.1) is 5.73 Å². The highest BCUT2D eigenvalue weighted by Crippen LogP contribution is 2.41. The third-order valence-electron chi connectivity index (χ3n) is 9.16. The second-order valence-electron chi connectivity index (χ2n) is 12.8. The molecular weight excluding hydrogens is 505 g/mol. The molecule has 3 atom stereocenters. The minimum absolute atomic E-state index is 0.0298. The van der Waals surface area contributed by atoms with Gasteiger partial charge in [0.15, 0.2) is 16.6 Å². The molecule has 0 bridgehead atoms. The van der Waals surface area contributed by atoms with Crippen LogP contribution in [0.4, 0.5) is 0 Å². The molecule has 0 saturated heterocycles. The summed E-state index contributed by atoms with van der Waals surface area (Å²) in [5.41, 5.74) is 4.63. The first kappa shape index (κ1) is 35.1. The van der Waals surface area contributed by atoms with E-state index < -0.39 is 22.6 Å². The van der Waals surface area contributed by atoms with Crippen molar-refractivity contribution in [1.29, 1.82) is 0 Å². The van der Waals surface area contributed by atoms with E-state index in [1.165, 1.54) is 37.4 Å². The van der Waals surface area contributed by atoms with Gasteiger partial charge in [-0.05, 0) is 86.9 Å². The smallest absolute Gasteiger partial charge is 0.307 e. The predicted molar refractivity (Wildman–Crippen MR) is 168 cm³/mol. The lowest BCUT2D eigenvalue weighted by molar-refractivity contribution is -0.136. The molecule has 0 heterocycles. The van der Waals surface area contributed by atoms with E-state index in [2.05, 4.69) is 73.4 Å². The lowest BCUT2D eigenvalue weighted by Crippen LogP contribution is -2.44. The zero-order chi connectivity index (χ0) is 28.8. The number of hydrogen-bond donors (Lipinski definition) is 1. The van der Waals surface area contributed by atoms with Crippen LogP contribution in [0, 0.1) is 5.92 Å². The minimum Gasteiger partial charge on any atom is -0.481 e. The molecule has 0 aromatic rings. The molecule has 0 spiro atoms. The first-order valence-electron chi connectivity index (χ1n) is 15.5. The average Bonchev–Trinajstić information content (AvgIpc) is 3.23. The van der Waals surface area contributed by atoms with Crippen LogP contribution in [0.15, 0.2) is 29.5 Å². The first-order chi connectivity index (χ1) is 17.8. The van der Waals surface area contributed by atoms with E-state index in [0.717, 1.165) is 38.5 Å². The lowest BCUT2D eigenvalue weighted by Gasteiger charge is -2.39. The standard InChI is InChI=1S/C32H60O4Si2/c1-10-14-17-20-28(35-37(8,9)32(5,6)7)25-23-27-24-26-30(36-38(11-2,12-3)13-4)29(27)21-18-15-16-19-22-31(33)34/h15,19,24,28-30H,10-14,17-18,20-23,25-26H2,1-9H3,(H,33,34)/t16?,28-,29+,30-/m0/s1. The van der Waals surface area contributed by atoms with Crippen molar-refractivity contribution in [2.75, 3.05) is 0 Å². The Morgan fingerprint density at radius 2 is 1.76 bits per heavy atom. The molecule has 0 radical (unpaired) electrons. The van der Waals surface area contributed by atoms with E-state index in [0.29, 0.717) is 12.0 Å². The molecule has 0 aromatic heterocycles. The number of carboxylic acid groups (broad SMARTS) is 1. The van der Waals surface area contributed by atoms with Gasteiger partial charge in [0.1, 0.15) is 0 Å². The maximum Gasteiger partial charge on any atom is 0.307 e. The molecule has 1 aliphatic rings. The van der Waals surface area contributed by atoms with E-state index >= 15 is 0 Å². The topological polar surface area (TPSA) is 55.8 Å². The Morgan fingerprint density at radius 1 is 1.11 bits per heavy atom. The van der Waals surface area contributed by atoms with E-state index in [9.17, 15) is 4.79 Å². The fraction of sp³-hybridized carbons (Fsp3) is 0.812. The Hall–Kier alpha value is -0.916. The maximum atomic E-state index is 10.8. The summed E-state index contributed by atoms with van der Waals surface area (Å²) < 4.78 is 14.0. The molecule has 0 aliphatic heterocycles. The van der Waals surface area contributed by atoms with Crippen molar-refractivity contribution >= 4 is 22.6 Å². The second kappa shape index (κ2) is 17.0. The fourth-order valence-electron chi connectivity index (χ4n) is 5.31. The number of unbranched alkanes of at least 4 members (excludes halogenated alkanes) is 2. The summed E-state index contributed by atoms with van der Waals surface area (Å²) in [5, 5.41) is 9.09. The highest BCUT2D eigenvalue weighted by Gasteiger charge is 2.40. The Bertz CT molecular complexity index is 778. The largest absolute Gasteiger partial charge is 0.481 e. The average molecular weight is 565 g/mol. The SMILES string of the molecule is CCCCC[C@@H](CCC1=CC[C@H](O[Si](CC)(CC)CC)[C@@H]1CCC=C=CCC(=O)O)O[Si](C)(C)C(C)(C)C. The predicted octanol–water partition coefficient (Wildman–Crippen LogP) is 10.0. The summed E-state index contributed by atoms with van der Waals surface area (Å²) in [6.07, 6.45) is 16.8. The highest BCUT2D eigenvalue weighted by molar-refractivity contribution is 6.74. The van der Waals surface area contributed by atoms with Crippen LogP contribution in [-0.4, -0.2) is 39.9 Å². The van der Waals surface area contributed by atoms with Crippen molar-refractivity contribution in [2.24, 2.45) is 5.92 Å². The van der Waals surface area contributed by atoms with Gasteiger partial charge in [0.25, 0.3) is 0 Å². The minimum atomic E-state index is -1.82. The molecular formula is C32H60O4Si2. The van der Waals surface area contributed by atoms with Crippen molar-refractivity contribution in [1.82, 2.24) is 0 Å². The van der Waals surface area contributed by atoms with Crippen LogP contribution >= 0.6 is 0 Å². The van der Waals surface area contributed by atoms with Crippen LogP contribution in [0.1, 0.15) is 113 Å². The van der Waals surface area contributed by atoms with Gasteiger partial charge in [-0.1, -0.05) is 79.4 Å². The van der Waals surface area contributed by atoms with Crippen LogP contribution in [0.3, 0.4) is 0 Å². The molecule has 0 saturated carbocycles. The molecule has 1 N–H and O–H groups in total. The third kappa shape index (κ3) is 11.7. The van der Waals surface area contributed by atoms with Crippen LogP contribution < -0.4 is 0 Å². The van der Waals surface area contributed by atoms with Crippen LogP contribution in [-0.2, 0) is 13.6 Å². The second-order valence-corrected chi connectivity index (χ2v) is 22.3. The van der Waals surface area contributed by atoms with Crippen molar-refractivity contribution in [3.63, 3.8) is 0 Å². The summed E-state index contributed by atoms with van der Waals surface area (Å²) in [5.74, 6) is -0.373. The number of hydrogen-bond acceptors (Lipinski definition) is 3. The highest BCUT2D eigenvalue weighted by atomic mass is 28.4. The number of carboxylic acids is 1. The molecule has 220 valence electrons. The Balaban J connectivity index is 3.01. The summed E-state index contributed by atoms with van der Waals surface area (Å²) in [6.45, 7) is 21.0. The van der Waals surface area contributed by atoms with Gasteiger partial charge >= 0.3 is 5.97 Å². The molecule has 38 heavy (non-hydrogen) atoms. The van der Waals surface area contributed by atoms with Crippen molar-refractivity contribution in [3.05, 3.63) is 29.5 Å². The van der Waals surface area contributed by atoms with Crippen LogP contribution in [0.2, 0.25) is 36.3 Å². The van der Waals surface area contributed by atoms with Gasteiger partial charge in [0, 0.05) is 12.0 Å². The molecule has 0 unspecified atom stereocenters. The van der Waals surface area contributed by atoms with Crippen molar-refractivity contribution in [3.8, 4) is 0 Å². The zero-order valence-corrected chi connectivity index (χ0v) is 28.3. The van der Waals surface area contributed by atoms with Crippen LogP contribution in [0.25, 0.3) is 0 Å². The van der Waals surface area contributed by atoms with E-state index in [4.69, 9.17) is 14.0 Å². The number of rotatable bonds is 19. The van der Waals surface area contributed by atoms with E-state index in [1.54, 1.807) is 11.6 Å². The van der Waals surface area contributed by atoms with Gasteiger partial charge in [-0.2, -0.15) is 0 Å². The van der Waals surface area contributed by atoms with E-state index in [1.807, 2.05) is 6.08 Å². The number of carbonyl (C=O) groups is 1. The first-order valence-corrected chi connectivity index (χ1v) is 20.9. The molecule has 6 heteroatoms. The van der Waals surface area contributed by atoms with Crippen molar-refractivity contribution in [2.45, 2.75) is 161 Å². The van der Waals surface area contributed by atoms with Gasteiger partial charge in [0.2, 0.25) is 0 Å². The van der Waals surface area contributed by atoms with Gasteiger partial charge in [-0.3, -0.25) is 4.79 Å². The van der Waals surface area contributed by atoms with Gasteiger partial charge < -0.3 is 14.0 Å². The lowest BCUT2D eigenvalue weighted by atomic mass is 9.90. The molecule has 4 nitrogen and oxygen atoms in total. The van der Waals surface area contributed by atoms with Gasteiger partial charge in [0.05, 0.1) is 12.5 Å². The van der Waals surface area contributed by atoms with Gasteiger partial charge in [-0.25, -0.2) is 0 Å². The normalized spacial score (nSPS) is 19.1. The summed E-state index contributed by atoms with van der Waals surface area (Å²) in [6, 6.07) is 3.53. The third-order valence-corrected chi connectivity index (χ3v) is 18.4. The summed E-state index contributed by atoms with van der Waals surface area (Å²) >= 11 is 0. The zero-order valence-electron chi connectivity index (χ0n) is 26.3. The Morgan fingerprint density at radius 3 is 2.32 bits per heavy atom. The quantitative estimate of drug-likeness (QED) is 0.0734. The van der Waals surface area contributed by atoms with Crippen LogP contribution in [0.5, 0.6) is 0 Å². The number of aliphatic carboxylic acids is 1. The van der Waals surface area contributed by atoms with Crippen molar-refractivity contribution < 1.29 is 18.8 Å². The molecule has 0 fully saturated rings. The molecule has 1 aliphatic carbocycles. The fourth-order valence-corrected chi connectivity index (χ4v) is 9.64. The monoisotopic (exact) mass is 564 g/mol. The van der Waals surface area contributed by atoms with E-state index in [-0.39, 0.29) is 17.6 Å².